The predicted octanol–water partition coefficient (Wildman–Crippen LogP) is 3.03. The van der Waals surface area contributed by atoms with Gasteiger partial charge in [0.15, 0.2) is 0 Å². The molecule has 1 aromatic carbocycles. The van der Waals surface area contributed by atoms with Crippen LogP contribution in [0.2, 0.25) is 0 Å². The average Bonchev–Trinajstić information content (AvgIpc) is 3.07. The number of hydrogen-bond donors (Lipinski definition) is 1. The first kappa shape index (κ1) is 19.0. The van der Waals surface area contributed by atoms with Crippen molar-refractivity contribution in [3.8, 4) is 0 Å². The number of carbonyl (C=O) groups is 2. The second kappa shape index (κ2) is 7.95. The summed E-state index contributed by atoms with van der Waals surface area (Å²) < 4.78 is 5.60. The van der Waals surface area contributed by atoms with Gasteiger partial charge in [-0.15, -0.1) is 0 Å². The summed E-state index contributed by atoms with van der Waals surface area (Å²) in [7, 11) is 0. The summed E-state index contributed by atoms with van der Waals surface area (Å²) in [6.07, 6.45) is 3.52. The number of nitrogens with one attached hydrogen (secondary N) is 1. The van der Waals surface area contributed by atoms with Gasteiger partial charge in [-0.1, -0.05) is 31.5 Å². The first-order valence-electron chi connectivity index (χ1n) is 10.4. The van der Waals surface area contributed by atoms with E-state index < -0.39 is 6.04 Å². The minimum atomic E-state index is -0.399. The molecule has 0 unspecified atom stereocenters. The summed E-state index contributed by atoms with van der Waals surface area (Å²) in [5, 5.41) is 1.16. The molecule has 2 aliphatic heterocycles. The third kappa shape index (κ3) is 3.30. The van der Waals surface area contributed by atoms with Crippen LogP contribution in [-0.4, -0.2) is 58.9 Å². The molecule has 0 bridgehead atoms. The Hall–Kier alpha value is -2.34. The Morgan fingerprint density at radius 2 is 1.96 bits per heavy atom. The van der Waals surface area contributed by atoms with Crippen LogP contribution < -0.4 is 0 Å². The van der Waals surface area contributed by atoms with Gasteiger partial charge in [0.2, 0.25) is 11.8 Å². The molecule has 1 N–H and O–H groups in total. The van der Waals surface area contributed by atoms with Crippen molar-refractivity contribution in [3.05, 3.63) is 35.5 Å². The van der Waals surface area contributed by atoms with Crippen LogP contribution >= 0.6 is 0 Å². The largest absolute Gasteiger partial charge is 0.381 e. The number of unbranched alkanes of at least 4 members (excludes halogenated alkanes) is 1. The van der Waals surface area contributed by atoms with Crippen LogP contribution in [0.4, 0.5) is 0 Å². The maximum Gasteiger partial charge on any atom is 0.246 e. The Balaban J connectivity index is 1.49. The fraction of sp³-hybridized carbons (Fsp3) is 0.545. The number of amides is 2. The summed E-state index contributed by atoms with van der Waals surface area (Å²) in [5.74, 6) is 0.101. The standard InChI is InChI=1S/C22H29N3O3/c1-3-4-11-28-12-7-10-24-14-20(26)25-15(2)21-17(13-19(25)22(24)27)16-8-5-6-9-18(16)23-21/h5-6,8-9,15,19,23H,3-4,7,10-14H2,1-2H3/t15-,19-/m0/s1. The predicted molar refractivity (Wildman–Crippen MR) is 108 cm³/mol. The molecule has 150 valence electrons. The van der Waals surface area contributed by atoms with Gasteiger partial charge in [0.05, 0.1) is 12.6 Å². The number of para-hydroxylation sites is 1. The highest BCUT2D eigenvalue weighted by Crippen LogP contribution is 2.38. The monoisotopic (exact) mass is 383 g/mol. The van der Waals surface area contributed by atoms with Gasteiger partial charge in [-0.2, -0.15) is 0 Å². The number of nitrogens with zero attached hydrogens (tertiary/aromatic N) is 2. The van der Waals surface area contributed by atoms with Crippen LogP contribution in [0.25, 0.3) is 10.9 Å². The van der Waals surface area contributed by atoms with E-state index in [2.05, 4.69) is 18.0 Å². The van der Waals surface area contributed by atoms with Crippen molar-refractivity contribution >= 4 is 22.7 Å². The number of hydrogen-bond acceptors (Lipinski definition) is 3. The van der Waals surface area contributed by atoms with Crippen LogP contribution in [0.15, 0.2) is 24.3 Å². The summed E-state index contributed by atoms with van der Waals surface area (Å²) in [4.78, 5) is 33.0. The third-order valence-corrected chi connectivity index (χ3v) is 5.98. The summed E-state index contributed by atoms with van der Waals surface area (Å²) in [6, 6.07) is 7.65. The van der Waals surface area contributed by atoms with Gasteiger partial charge < -0.3 is 19.5 Å². The SMILES string of the molecule is CCCCOCCCN1CC(=O)N2[C@@H](Cc3c([nH]c4ccccc34)[C@@H]2C)C1=O. The third-order valence-electron chi connectivity index (χ3n) is 5.98. The number of piperazine rings is 1. The Morgan fingerprint density at radius 3 is 2.79 bits per heavy atom. The van der Waals surface area contributed by atoms with E-state index in [1.807, 2.05) is 25.1 Å². The van der Waals surface area contributed by atoms with E-state index in [0.29, 0.717) is 19.6 Å². The normalized spacial score (nSPS) is 21.9. The minimum absolute atomic E-state index is 0.0355. The van der Waals surface area contributed by atoms with Crippen LogP contribution in [0.1, 0.15) is 50.4 Å². The molecule has 1 fully saturated rings. The summed E-state index contributed by atoms with van der Waals surface area (Å²) in [5.41, 5.74) is 3.31. The number of ether oxygens (including phenoxy) is 1. The lowest BCUT2D eigenvalue weighted by atomic mass is 9.90. The Kier molecular flexibility index (Phi) is 5.40. The van der Waals surface area contributed by atoms with Crippen LogP contribution in [-0.2, 0) is 20.7 Å². The summed E-state index contributed by atoms with van der Waals surface area (Å²) in [6.45, 7) is 6.30. The molecule has 2 atom stereocenters. The van der Waals surface area contributed by atoms with Crippen LogP contribution in [0.3, 0.4) is 0 Å². The quantitative estimate of drug-likeness (QED) is 0.748. The van der Waals surface area contributed by atoms with Crippen molar-refractivity contribution in [2.75, 3.05) is 26.3 Å². The lowest BCUT2D eigenvalue weighted by Crippen LogP contribution is -2.62. The van der Waals surface area contributed by atoms with Crippen LogP contribution in [0, 0.1) is 0 Å². The molecule has 4 rings (SSSR count). The zero-order chi connectivity index (χ0) is 19.7. The molecule has 0 saturated carbocycles. The van der Waals surface area contributed by atoms with Crippen molar-refractivity contribution in [2.24, 2.45) is 0 Å². The van der Waals surface area contributed by atoms with E-state index in [1.54, 1.807) is 9.80 Å². The molecule has 6 nitrogen and oxygen atoms in total. The average molecular weight is 383 g/mol. The van der Waals surface area contributed by atoms with Crippen molar-refractivity contribution < 1.29 is 14.3 Å². The number of fused-ring (bicyclic) bond motifs is 4. The number of aromatic amines is 1. The molecule has 1 aromatic heterocycles. The molecule has 1 saturated heterocycles. The molecular weight excluding hydrogens is 354 g/mol. The molecule has 2 amide bonds. The van der Waals surface area contributed by atoms with Gasteiger partial charge in [-0.05, 0) is 31.4 Å². The highest BCUT2D eigenvalue weighted by molar-refractivity contribution is 5.97. The van der Waals surface area contributed by atoms with Crippen LogP contribution in [0.5, 0.6) is 0 Å². The summed E-state index contributed by atoms with van der Waals surface area (Å²) >= 11 is 0. The van der Waals surface area contributed by atoms with E-state index in [4.69, 9.17) is 4.74 Å². The molecule has 0 spiro atoms. The smallest absolute Gasteiger partial charge is 0.246 e. The van der Waals surface area contributed by atoms with E-state index in [1.165, 1.54) is 5.56 Å². The lowest BCUT2D eigenvalue weighted by Gasteiger charge is -2.46. The molecule has 28 heavy (non-hydrogen) atoms. The second-order valence-corrected chi connectivity index (χ2v) is 7.84. The minimum Gasteiger partial charge on any atom is -0.381 e. The highest BCUT2D eigenvalue weighted by atomic mass is 16.5. The fourth-order valence-corrected chi connectivity index (χ4v) is 4.52. The van der Waals surface area contributed by atoms with Gasteiger partial charge in [0, 0.05) is 42.8 Å². The molecule has 2 aliphatic rings. The maximum absolute atomic E-state index is 13.2. The van der Waals surface area contributed by atoms with Crippen molar-refractivity contribution in [1.29, 1.82) is 0 Å². The number of benzene rings is 1. The van der Waals surface area contributed by atoms with Gasteiger partial charge in [-0.25, -0.2) is 0 Å². The lowest BCUT2D eigenvalue weighted by molar-refractivity contribution is -0.159. The number of rotatable bonds is 7. The molecule has 2 aromatic rings. The second-order valence-electron chi connectivity index (χ2n) is 7.84. The maximum atomic E-state index is 13.2. The van der Waals surface area contributed by atoms with Gasteiger partial charge in [-0.3, -0.25) is 9.59 Å². The Bertz CT molecular complexity index is 875. The van der Waals surface area contributed by atoms with Crippen molar-refractivity contribution in [2.45, 2.75) is 51.6 Å². The van der Waals surface area contributed by atoms with Gasteiger partial charge >= 0.3 is 0 Å². The molecule has 0 aliphatic carbocycles. The zero-order valence-corrected chi connectivity index (χ0v) is 16.7. The van der Waals surface area contributed by atoms with Crippen molar-refractivity contribution in [1.82, 2.24) is 14.8 Å². The number of carbonyl (C=O) groups excluding carboxylic acids is 2. The molecular formula is C22H29N3O3. The number of H-pyrrole nitrogens is 1. The Labute approximate surface area is 165 Å². The van der Waals surface area contributed by atoms with E-state index in [9.17, 15) is 9.59 Å². The zero-order valence-electron chi connectivity index (χ0n) is 16.7. The topological polar surface area (TPSA) is 65.6 Å². The molecule has 6 heteroatoms. The first-order valence-corrected chi connectivity index (χ1v) is 10.4. The first-order chi connectivity index (χ1) is 13.6. The van der Waals surface area contributed by atoms with Gasteiger partial charge in [0.1, 0.15) is 6.04 Å². The highest BCUT2D eigenvalue weighted by Gasteiger charge is 2.45. The number of aromatic nitrogens is 1. The van der Waals surface area contributed by atoms with E-state index in [0.717, 1.165) is 42.5 Å². The fourth-order valence-electron chi connectivity index (χ4n) is 4.52. The van der Waals surface area contributed by atoms with Gasteiger partial charge in [0.25, 0.3) is 0 Å². The van der Waals surface area contributed by atoms with Crippen molar-refractivity contribution in [3.63, 3.8) is 0 Å². The molecule has 0 radical (unpaired) electrons. The molecule has 3 heterocycles. The Morgan fingerprint density at radius 1 is 1.18 bits per heavy atom. The van der Waals surface area contributed by atoms with E-state index >= 15 is 0 Å². The van der Waals surface area contributed by atoms with E-state index in [-0.39, 0.29) is 24.4 Å².